The van der Waals surface area contributed by atoms with Crippen LogP contribution in [0.25, 0.3) is 0 Å². The number of rotatable bonds is 7. The number of ether oxygens (including phenoxy) is 2. The minimum Gasteiger partial charge on any atom is -0.377 e. The van der Waals surface area contributed by atoms with Crippen LogP contribution < -0.4 is 10.6 Å². The van der Waals surface area contributed by atoms with E-state index >= 15 is 0 Å². The predicted molar refractivity (Wildman–Crippen MR) is 123 cm³/mol. The van der Waals surface area contributed by atoms with Crippen LogP contribution in [0.15, 0.2) is 29.3 Å². The number of guanidine groups is 1. The number of aliphatic imine (C=N–C) groups is 1. The third-order valence-corrected chi connectivity index (χ3v) is 4.90. The number of methoxy groups -OCH3 is 1. The molecule has 0 spiro atoms. The average molecular weight is 489 g/mol. The van der Waals surface area contributed by atoms with Gasteiger partial charge in [0.25, 0.3) is 0 Å². The first kappa shape index (κ1) is 24.2. The van der Waals surface area contributed by atoms with Crippen molar-refractivity contribution in [3.63, 3.8) is 0 Å². The minimum atomic E-state index is -0.263. The van der Waals surface area contributed by atoms with Crippen molar-refractivity contribution in [1.29, 1.82) is 0 Å². The second-order valence-corrected chi connectivity index (χ2v) is 7.64. The summed E-state index contributed by atoms with van der Waals surface area (Å²) in [7, 11) is 1.72. The highest BCUT2D eigenvalue weighted by Crippen LogP contribution is 2.33. The molecule has 1 aliphatic rings. The van der Waals surface area contributed by atoms with Crippen molar-refractivity contribution >= 4 is 29.9 Å². The molecule has 1 aliphatic heterocycles. The van der Waals surface area contributed by atoms with E-state index in [2.05, 4.69) is 53.7 Å². The summed E-state index contributed by atoms with van der Waals surface area (Å²) in [5, 5.41) is 6.82. The Hall–Kier alpha value is -0.860. The summed E-state index contributed by atoms with van der Waals surface area (Å²) in [6.07, 6.45) is 2.42. The third kappa shape index (κ3) is 7.95. The molecule has 0 aromatic heterocycles. The second kappa shape index (κ2) is 11.9. The van der Waals surface area contributed by atoms with Gasteiger partial charge in [-0.25, -0.2) is 0 Å². The second-order valence-electron chi connectivity index (χ2n) is 7.64. The van der Waals surface area contributed by atoms with E-state index < -0.39 is 0 Å². The third-order valence-electron chi connectivity index (χ3n) is 4.90. The van der Waals surface area contributed by atoms with E-state index in [0.717, 1.165) is 38.5 Å². The van der Waals surface area contributed by atoms with E-state index in [1.165, 1.54) is 11.1 Å². The van der Waals surface area contributed by atoms with Crippen LogP contribution in [0.4, 0.5) is 0 Å². The fourth-order valence-electron chi connectivity index (χ4n) is 3.08. The van der Waals surface area contributed by atoms with Gasteiger partial charge in [0.1, 0.15) is 0 Å². The lowest BCUT2D eigenvalue weighted by Crippen LogP contribution is -2.43. The maximum absolute atomic E-state index is 6.12. The number of hydrogen-bond donors (Lipinski definition) is 2. The van der Waals surface area contributed by atoms with Crippen LogP contribution in [0.1, 0.15) is 50.8 Å². The van der Waals surface area contributed by atoms with Crippen molar-refractivity contribution in [2.24, 2.45) is 10.9 Å². The van der Waals surface area contributed by atoms with Gasteiger partial charge in [-0.2, -0.15) is 0 Å². The van der Waals surface area contributed by atoms with Crippen molar-refractivity contribution in [2.45, 2.75) is 52.2 Å². The Labute approximate surface area is 181 Å². The van der Waals surface area contributed by atoms with Gasteiger partial charge in [0.15, 0.2) is 5.96 Å². The van der Waals surface area contributed by atoms with Crippen LogP contribution in [-0.2, 0) is 9.47 Å². The summed E-state index contributed by atoms with van der Waals surface area (Å²) in [5.41, 5.74) is 2.28. The van der Waals surface area contributed by atoms with Gasteiger partial charge < -0.3 is 20.1 Å². The number of nitrogens with zero attached hydrogens (tertiary/aromatic N) is 1. The summed E-state index contributed by atoms with van der Waals surface area (Å²) in [6, 6.07) is 8.71. The topological polar surface area (TPSA) is 54.9 Å². The monoisotopic (exact) mass is 489 g/mol. The van der Waals surface area contributed by atoms with E-state index in [0.29, 0.717) is 12.5 Å². The smallest absolute Gasteiger partial charge is 0.191 e. The van der Waals surface area contributed by atoms with Crippen molar-refractivity contribution in [1.82, 2.24) is 10.6 Å². The molecule has 2 atom stereocenters. The van der Waals surface area contributed by atoms with Crippen LogP contribution in [0, 0.1) is 12.8 Å². The lowest BCUT2D eigenvalue weighted by molar-refractivity contribution is -0.0265. The van der Waals surface area contributed by atoms with E-state index in [-0.39, 0.29) is 35.7 Å². The van der Waals surface area contributed by atoms with E-state index in [1.807, 2.05) is 13.8 Å². The standard InChI is InChI=1S/C21H35N3O2.HI/c1-6-22-20(24-15-21(3,4)25-5)23-14-18-8-7-13-26-19(18)17-11-9-16(2)10-12-17;/h9-12,18-19H,6-8,13-15H2,1-5H3,(H2,22,23,24);1H. The lowest BCUT2D eigenvalue weighted by Gasteiger charge is -2.33. The lowest BCUT2D eigenvalue weighted by atomic mass is 9.89. The molecule has 0 bridgehead atoms. The Bertz CT molecular complexity index is 575. The van der Waals surface area contributed by atoms with E-state index in [1.54, 1.807) is 7.11 Å². The Balaban J connectivity index is 0.00000364. The van der Waals surface area contributed by atoms with Crippen LogP contribution >= 0.6 is 24.0 Å². The quantitative estimate of drug-likeness (QED) is 0.345. The first-order valence-corrected chi connectivity index (χ1v) is 9.70. The van der Waals surface area contributed by atoms with Gasteiger partial charge in [-0.05, 0) is 46.1 Å². The van der Waals surface area contributed by atoms with Crippen LogP contribution in [0.3, 0.4) is 0 Å². The zero-order valence-corrected chi connectivity index (χ0v) is 19.7. The molecular weight excluding hydrogens is 453 g/mol. The molecule has 2 unspecified atom stereocenters. The zero-order valence-electron chi connectivity index (χ0n) is 17.4. The first-order valence-electron chi connectivity index (χ1n) is 9.70. The van der Waals surface area contributed by atoms with Crippen LogP contribution in [-0.4, -0.2) is 44.9 Å². The molecule has 1 fully saturated rings. The Morgan fingerprint density at radius 2 is 1.96 bits per heavy atom. The van der Waals surface area contributed by atoms with Crippen molar-refractivity contribution in [2.75, 3.05) is 33.4 Å². The summed E-state index contributed by atoms with van der Waals surface area (Å²) >= 11 is 0. The zero-order chi connectivity index (χ0) is 19.0. The fraction of sp³-hybridized carbons (Fsp3) is 0.667. The van der Waals surface area contributed by atoms with Crippen molar-refractivity contribution in [3.05, 3.63) is 35.4 Å². The number of aryl methyl sites for hydroxylation is 1. The molecule has 0 amide bonds. The normalized spacial score (nSPS) is 20.7. The minimum absolute atomic E-state index is 0. The van der Waals surface area contributed by atoms with Crippen LogP contribution in [0.5, 0.6) is 0 Å². The highest BCUT2D eigenvalue weighted by molar-refractivity contribution is 14.0. The Morgan fingerprint density at radius 1 is 1.26 bits per heavy atom. The predicted octanol–water partition coefficient (Wildman–Crippen LogP) is 4.06. The van der Waals surface area contributed by atoms with Crippen molar-refractivity contribution in [3.8, 4) is 0 Å². The van der Waals surface area contributed by atoms with Gasteiger partial charge in [-0.3, -0.25) is 4.99 Å². The molecule has 0 saturated carbocycles. The number of halogens is 1. The average Bonchev–Trinajstić information content (AvgIpc) is 2.65. The molecular formula is C21H36IN3O2. The molecule has 1 saturated heterocycles. The van der Waals surface area contributed by atoms with Gasteiger partial charge in [0.2, 0.25) is 0 Å². The molecule has 1 heterocycles. The molecule has 1 aromatic rings. The van der Waals surface area contributed by atoms with Gasteiger partial charge >= 0.3 is 0 Å². The molecule has 0 aliphatic carbocycles. The molecule has 27 heavy (non-hydrogen) atoms. The maximum atomic E-state index is 6.12. The molecule has 1 aromatic carbocycles. The van der Waals surface area contributed by atoms with E-state index in [9.17, 15) is 0 Å². The fourth-order valence-corrected chi connectivity index (χ4v) is 3.08. The van der Waals surface area contributed by atoms with Gasteiger partial charge in [-0.1, -0.05) is 29.8 Å². The number of benzene rings is 1. The van der Waals surface area contributed by atoms with Gasteiger partial charge in [0.05, 0.1) is 18.2 Å². The number of nitrogens with one attached hydrogen (secondary N) is 2. The SMILES string of the molecule is CCNC(=NCC(C)(C)OC)NCC1CCCOC1c1ccc(C)cc1.I. The molecule has 2 rings (SSSR count). The maximum Gasteiger partial charge on any atom is 0.191 e. The molecule has 5 nitrogen and oxygen atoms in total. The summed E-state index contributed by atoms with van der Waals surface area (Å²) in [6.45, 7) is 11.4. The van der Waals surface area contributed by atoms with Crippen LogP contribution in [0.2, 0.25) is 0 Å². The highest BCUT2D eigenvalue weighted by atomic mass is 127. The van der Waals surface area contributed by atoms with E-state index in [4.69, 9.17) is 9.47 Å². The van der Waals surface area contributed by atoms with Gasteiger partial charge in [0, 0.05) is 32.7 Å². The summed E-state index contributed by atoms with van der Waals surface area (Å²) in [5.74, 6) is 1.27. The highest BCUT2D eigenvalue weighted by Gasteiger charge is 2.27. The Morgan fingerprint density at radius 3 is 2.59 bits per heavy atom. The molecule has 2 N–H and O–H groups in total. The first-order chi connectivity index (χ1) is 12.4. The molecule has 154 valence electrons. The molecule has 6 heteroatoms. The Kier molecular flexibility index (Phi) is 10.6. The van der Waals surface area contributed by atoms with Gasteiger partial charge in [-0.15, -0.1) is 24.0 Å². The summed E-state index contributed by atoms with van der Waals surface area (Å²) < 4.78 is 11.6. The summed E-state index contributed by atoms with van der Waals surface area (Å²) in [4.78, 5) is 4.68. The molecule has 0 radical (unpaired) electrons. The van der Waals surface area contributed by atoms with Crippen molar-refractivity contribution < 1.29 is 9.47 Å². The largest absolute Gasteiger partial charge is 0.377 e. The number of hydrogen-bond acceptors (Lipinski definition) is 3.